The van der Waals surface area contributed by atoms with E-state index in [4.69, 9.17) is 19.8 Å². The number of nitriles is 1. The lowest BCUT2D eigenvalue weighted by atomic mass is 10.1. The molecule has 0 heterocycles. The molecule has 0 saturated heterocycles. The van der Waals surface area contributed by atoms with E-state index in [0.717, 1.165) is 5.56 Å². The van der Waals surface area contributed by atoms with Crippen LogP contribution < -0.4 is 4.74 Å². The van der Waals surface area contributed by atoms with Gasteiger partial charge in [-0.3, -0.25) is 0 Å². The maximum absolute atomic E-state index is 10.5. The first-order valence-corrected chi connectivity index (χ1v) is 5.00. The Labute approximate surface area is 99.2 Å². The van der Waals surface area contributed by atoms with Crippen molar-refractivity contribution in [3.8, 4) is 11.8 Å². The second kappa shape index (κ2) is 5.87. The Hall–Kier alpha value is -2.06. The molecule has 5 nitrogen and oxygen atoms in total. The molecule has 0 aliphatic rings. The van der Waals surface area contributed by atoms with Crippen molar-refractivity contribution >= 4 is 5.97 Å². The maximum Gasteiger partial charge on any atom is 0.332 e. The largest absolute Gasteiger partial charge is 0.495 e. The monoisotopic (exact) mass is 235 g/mol. The summed E-state index contributed by atoms with van der Waals surface area (Å²) >= 11 is 0. The zero-order valence-corrected chi connectivity index (χ0v) is 9.64. The van der Waals surface area contributed by atoms with Gasteiger partial charge in [-0.15, -0.1) is 0 Å². The van der Waals surface area contributed by atoms with Crippen LogP contribution in [0.25, 0.3) is 0 Å². The number of aliphatic carboxylic acids is 1. The molecule has 0 bridgehead atoms. The predicted molar refractivity (Wildman–Crippen MR) is 59.6 cm³/mol. The van der Waals surface area contributed by atoms with Crippen molar-refractivity contribution < 1.29 is 19.4 Å². The SMILES string of the molecule is COc1ccc(CO[C@H](C)C(=O)O)cc1C#N. The molecule has 0 saturated carbocycles. The van der Waals surface area contributed by atoms with Gasteiger partial charge in [-0.05, 0) is 24.6 Å². The Morgan fingerprint density at radius 2 is 2.29 bits per heavy atom. The topological polar surface area (TPSA) is 79.6 Å². The van der Waals surface area contributed by atoms with Crippen LogP contribution in [0.2, 0.25) is 0 Å². The van der Waals surface area contributed by atoms with E-state index in [2.05, 4.69) is 0 Å². The lowest BCUT2D eigenvalue weighted by Gasteiger charge is -2.09. The van der Waals surface area contributed by atoms with Gasteiger partial charge in [0.15, 0.2) is 6.10 Å². The molecule has 1 aromatic rings. The van der Waals surface area contributed by atoms with E-state index in [9.17, 15) is 4.79 Å². The summed E-state index contributed by atoms with van der Waals surface area (Å²) in [6.45, 7) is 1.60. The van der Waals surface area contributed by atoms with Crippen LogP contribution in [0.4, 0.5) is 0 Å². The van der Waals surface area contributed by atoms with E-state index in [1.165, 1.54) is 14.0 Å². The van der Waals surface area contributed by atoms with Crippen LogP contribution in [0.15, 0.2) is 18.2 Å². The van der Waals surface area contributed by atoms with Crippen LogP contribution in [0.1, 0.15) is 18.1 Å². The third kappa shape index (κ3) is 3.47. The molecule has 1 N–H and O–H groups in total. The Morgan fingerprint density at radius 1 is 1.59 bits per heavy atom. The van der Waals surface area contributed by atoms with Crippen LogP contribution in [-0.4, -0.2) is 24.3 Å². The smallest absolute Gasteiger partial charge is 0.332 e. The normalized spacial score (nSPS) is 11.6. The summed E-state index contributed by atoms with van der Waals surface area (Å²) in [7, 11) is 1.48. The summed E-state index contributed by atoms with van der Waals surface area (Å²) in [5.74, 6) is -0.526. The van der Waals surface area contributed by atoms with Gasteiger partial charge in [0.1, 0.15) is 11.8 Å². The minimum atomic E-state index is -1.01. The van der Waals surface area contributed by atoms with E-state index in [1.54, 1.807) is 18.2 Å². The Kier molecular flexibility index (Phi) is 4.49. The summed E-state index contributed by atoms with van der Waals surface area (Å²) < 4.78 is 10.1. The van der Waals surface area contributed by atoms with Gasteiger partial charge in [0.05, 0.1) is 19.3 Å². The fraction of sp³-hybridized carbons (Fsp3) is 0.333. The van der Waals surface area contributed by atoms with Crippen molar-refractivity contribution in [2.24, 2.45) is 0 Å². The number of nitrogens with zero attached hydrogens (tertiary/aromatic N) is 1. The third-order valence-electron chi connectivity index (χ3n) is 2.23. The lowest BCUT2D eigenvalue weighted by Crippen LogP contribution is -2.19. The lowest BCUT2D eigenvalue weighted by molar-refractivity contribution is -0.149. The molecule has 0 unspecified atom stereocenters. The molecule has 0 aliphatic carbocycles. The van der Waals surface area contributed by atoms with Crippen molar-refractivity contribution in [1.82, 2.24) is 0 Å². The number of carboxylic acid groups (broad SMARTS) is 1. The number of carbonyl (C=O) groups is 1. The maximum atomic E-state index is 10.5. The van der Waals surface area contributed by atoms with Crippen molar-refractivity contribution in [3.05, 3.63) is 29.3 Å². The number of methoxy groups -OCH3 is 1. The second-order valence-corrected chi connectivity index (χ2v) is 3.44. The first kappa shape index (κ1) is 13.0. The highest BCUT2D eigenvalue weighted by atomic mass is 16.5. The summed E-state index contributed by atoms with van der Waals surface area (Å²) in [5, 5.41) is 17.5. The molecule has 1 rings (SSSR count). The summed E-state index contributed by atoms with van der Waals surface area (Å²) in [6, 6.07) is 7.00. The molecule has 0 radical (unpaired) electrons. The van der Waals surface area contributed by atoms with Gasteiger partial charge in [-0.25, -0.2) is 4.79 Å². The molecule has 0 amide bonds. The summed E-state index contributed by atoms with van der Waals surface area (Å²) in [4.78, 5) is 10.5. The van der Waals surface area contributed by atoms with Gasteiger partial charge in [0.2, 0.25) is 0 Å². The fourth-order valence-electron chi connectivity index (χ4n) is 1.22. The van der Waals surface area contributed by atoms with Crippen molar-refractivity contribution in [2.75, 3.05) is 7.11 Å². The molecule has 1 aromatic carbocycles. The van der Waals surface area contributed by atoms with E-state index < -0.39 is 12.1 Å². The highest BCUT2D eigenvalue weighted by Gasteiger charge is 2.11. The number of carboxylic acids is 1. The molecular formula is C12H13NO4. The van der Waals surface area contributed by atoms with Crippen LogP contribution >= 0.6 is 0 Å². The number of rotatable bonds is 5. The number of ether oxygens (including phenoxy) is 2. The van der Waals surface area contributed by atoms with Crippen molar-refractivity contribution in [3.63, 3.8) is 0 Å². The molecule has 0 aromatic heterocycles. The molecule has 17 heavy (non-hydrogen) atoms. The molecule has 5 heteroatoms. The quantitative estimate of drug-likeness (QED) is 0.837. The van der Waals surface area contributed by atoms with E-state index in [1.807, 2.05) is 6.07 Å². The second-order valence-electron chi connectivity index (χ2n) is 3.44. The molecule has 90 valence electrons. The zero-order chi connectivity index (χ0) is 12.8. The first-order chi connectivity index (χ1) is 8.08. The minimum Gasteiger partial charge on any atom is -0.495 e. The van der Waals surface area contributed by atoms with Crippen LogP contribution in [0, 0.1) is 11.3 Å². The van der Waals surface area contributed by atoms with Crippen LogP contribution in [-0.2, 0) is 16.1 Å². The van der Waals surface area contributed by atoms with Crippen LogP contribution in [0.5, 0.6) is 5.75 Å². The Balaban J connectivity index is 2.74. The predicted octanol–water partition coefficient (Wildman–Crippen LogP) is 1.56. The number of hydrogen-bond acceptors (Lipinski definition) is 4. The molecular weight excluding hydrogens is 222 g/mol. The van der Waals surface area contributed by atoms with Gasteiger partial charge in [0.25, 0.3) is 0 Å². The van der Waals surface area contributed by atoms with Gasteiger partial charge in [-0.1, -0.05) is 6.07 Å². The highest BCUT2D eigenvalue weighted by Crippen LogP contribution is 2.19. The first-order valence-electron chi connectivity index (χ1n) is 5.00. The zero-order valence-electron chi connectivity index (χ0n) is 9.64. The summed E-state index contributed by atoms with van der Waals surface area (Å²) in [6.07, 6.45) is -0.873. The van der Waals surface area contributed by atoms with E-state index in [-0.39, 0.29) is 6.61 Å². The van der Waals surface area contributed by atoms with Gasteiger partial charge in [-0.2, -0.15) is 5.26 Å². The minimum absolute atomic E-state index is 0.145. The molecule has 0 fully saturated rings. The van der Waals surface area contributed by atoms with Gasteiger partial charge in [0, 0.05) is 0 Å². The Bertz CT molecular complexity index is 450. The molecule has 0 spiro atoms. The van der Waals surface area contributed by atoms with Crippen molar-refractivity contribution in [2.45, 2.75) is 19.6 Å². The average molecular weight is 235 g/mol. The van der Waals surface area contributed by atoms with Crippen molar-refractivity contribution in [1.29, 1.82) is 5.26 Å². The van der Waals surface area contributed by atoms with Crippen LogP contribution in [0.3, 0.4) is 0 Å². The Morgan fingerprint density at radius 3 is 2.82 bits per heavy atom. The average Bonchev–Trinajstić information content (AvgIpc) is 2.35. The fourth-order valence-corrected chi connectivity index (χ4v) is 1.22. The van der Waals surface area contributed by atoms with E-state index in [0.29, 0.717) is 11.3 Å². The van der Waals surface area contributed by atoms with Gasteiger partial charge < -0.3 is 14.6 Å². The number of hydrogen-bond donors (Lipinski definition) is 1. The van der Waals surface area contributed by atoms with Gasteiger partial charge >= 0.3 is 5.97 Å². The van der Waals surface area contributed by atoms with E-state index >= 15 is 0 Å². The molecule has 0 aliphatic heterocycles. The highest BCUT2D eigenvalue weighted by molar-refractivity contribution is 5.71. The standard InChI is InChI=1S/C12H13NO4/c1-8(12(14)15)17-7-9-3-4-11(16-2)10(5-9)6-13/h3-5,8H,7H2,1-2H3,(H,14,15)/t8-/m1/s1. The summed E-state index contributed by atoms with van der Waals surface area (Å²) in [5.41, 5.74) is 1.13. The molecule has 1 atom stereocenters. The third-order valence-corrected chi connectivity index (χ3v) is 2.23. The number of benzene rings is 1.